The van der Waals surface area contributed by atoms with Gasteiger partial charge in [0.25, 0.3) is 0 Å². The van der Waals surface area contributed by atoms with Gasteiger partial charge in [-0.05, 0) is 24.6 Å². The highest BCUT2D eigenvalue weighted by molar-refractivity contribution is 6.30. The van der Waals surface area contributed by atoms with E-state index in [9.17, 15) is 9.18 Å². The second kappa shape index (κ2) is 5.75. The average molecular weight is 287 g/mol. The van der Waals surface area contributed by atoms with E-state index in [2.05, 4.69) is 5.32 Å². The van der Waals surface area contributed by atoms with Crippen molar-refractivity contribution in [1.82, 2.24) is 10.2 Å². The second-order valence-electron chi connectivity index (χ2n) is 4.81. The first-order valence-electron chi connectivity index (χ1n) is 6.13. The standard InChI is InChI=1S/C13H16ClFN2O2/c1-8(18)5-16-13(19)17-6-10(7-17)9-2-3-12(15)11(14)4-9/h2-4,8,10,18H,5-7H2,1H3,(H,16,19). The van der Waals surface area contributed by atoms with Crippen molar-refractivity contribution in [2.45, 2.75) is 18.9 Å². The lowest BCUT2D eigenvalue weighted by molar-refractivity contribution is 0.141. The van der Waals surface area contributed by atoms with Crippen molar-refractivity contribution in [3.63, 3.8) is 0 Å². The van der Waals surface area contributed by atoms with Gasteiger partial charge >= 0.3 is 6.03 Å². The van der Waals surface area contributed by atoms with Gasteiger partial charge in [-0.25, -0.2) is 9.18 Å². The number of halogens is 2. The molecule has 2 rings (SSSR count). The summed E-state index contributed by atoms with van der Waals surface area (Å²) in [5, 5.41) is 11.8. The van der Waals surface area contributed by atoms with Crippen LogP contribution in [0, 0.1) is 5.82 Å². The summed E-state index contributed by atoms with van der Waals surface area (Å²) in [6.07, 6.45) is -0.558. The normalized spacial score (nSPS) is 16.9. The number of likely N-dealkylation sites (tertiary alicyclic amines) is 1. The molecule has 1 heterocycles. The van der Waals surface area contributed by atoms with Gasteiger partial charge in [-0.15, -0.1) is 0 Å². The highest BCUT2D eigenvalue weighted by Crippen LogP contribution is 2.29. The third-order valence-corrected chi connectivity index (χ3v) is 3.42. The van der Waals surface area contributed by atoms with E-state index in [1.54, 1.807) is 24.0 Å². The third-order valence-electron chi connectivity index (χ3n) is 3.13. The Kier molecular flexibility index (Phi) is 4.27. The fourth-order valence-corrected chi connectivity index (χ4v) is 2.16. The molecule has 1 fully saturated rings. The fraction of sp³-hybridized carbons (Fsp3) is 0.462. The van der Waals surface area contributed by atoms with Crippen LogP contribution >= 0.6 is 11.6 Å². The van der Waals surface area contributed by atoms with Crippen molar-refractivity contribution >= 4 is 17.6 Å². The third kappa shape index (κ3) is 3.36. The molecule has 6 heteroatoms. The number of hydrogen-bond donors (Lipinski definition) is 2. The monoisotopic (exact) mass is 286 g/mol. The van der Waals surface area contributed by atoms with Gasteiger partial charge in [-0.3, -0.25) is 0 Å². The summed E-state index contributed by atoms with van der Waals surface area (Å²) >= 11 is 5.73. The van der Waals surface area contributed by atoms with Crippen LogP contribution < -0.4 is 5.32 Å². The van der Waals surface area contributed by atoms with Crippen molar-refractivity contribution in [1.29, 1.82) is 0 Å². The Morgan fingerprint density at radius 1 is 1.63 bits per heavy atom. The summed E-state index contributed by atoms with van der Waals surface area (Å²) < 4.78 is 13.0. The van der Waals surface area contributed by atoms with E-state index in [0.29, 0.717) is 13.1 Å². The van der Waals surface area contributed by atoms with Crippen molar-refractivity contribution < 1.29 is 14.3 Å². The van der Waals surface area contributed by atoms with Gasteiger partial charge in [0, 0.05) is 25.6 Å². The van der Waals surface area contributed by atoms with Crippen LogP contribution in [0.3, 0.4) is 0 Å². The number of carbonyl (C=O) groups is 1. The van der Waals surface area contributed by atoms with E-state index in [1.165, 1.54) is 6.07 Å². The molecule has 19 heavy (non-hydrogen) atoms. The Morgan fingerprint density at radius 2 is 2.32 bits per heavy atom. The SMILES string of the molecule is CC(O)CNC(=O)N1CC(c2ccc(F)c(Cl)c2)C1. The number of aliphatic hydroxyl groups is 1. The van der Waals surface area contributed by atoms with Crippen molar-refractivity contribution in [3.05, 3.63) is 34.6 Å². The minimum atomic E-state index is -0.558. The summed E-state index contributed by atoms with van der Waals surface area (Å²) in [6.45, 7) is 3.00. The van der Waals surface area contributed by atoms with Crippen LogP contribution in [-0.4, -0.2) is 41.8 Å². The summed E-state index contributed by atoms with van der Waals surface area (Å²) in [5.41, 5.74) is 0.936. The highest BCUT2D eigenvalue weighted by atomic mass is 35.5. The molecule has 1 saturated heterocycles. The van der Waals surface area contributed by atoms with E-state index >= 15 is 0 Å². The molecule has 0 radical (unpaired) electrons. The zero-order chi connectivity index (χ0) is 14.0. The maximum Gasteiger partial charge on any atom is 0.317 e. The minimum Gasteiger partial charge on any atom is -0.392 e. The number of carbonyl (C=O) groups excluding carboxylic acids is 1. The second-order valence-corrected chi connectivity index (χ2v) is 5.22. The molecule has 0 saturated carbocycles. The summed E-state index contributed by atoms with van der Waals surface area (Å²) in [7, 11) is 0. The lowest BCUT2D eigenvalue weighted by Gasteiger charge is -2.39. The molecule has 1 aromatic carbocycles. The zero-order valence-electron chi connectivity index (χ0n) is 10.6. The van der Waals surface area contributed by atoms with Crippen LogP contribution in [0.2, 0.25) is 5.02 Å². The number of aliphatic hydroxyl groups excluding tert-OH is 1. The first-order chi connectivity index (χ1) is 8.97. The van der Waals surface area contributed by atoms with E-state index in [4.69, 9.17) is 16.7 Å². The molecule has 1 aromatic rings. The predicted octanol–water partition coefficient (Wildman–Crippen LogP) is 1.97. The van der Waals surface area contributed by atoms with Crippen LogP contribution in [0.15, 0.2) is 18.2 Å². The number of urea groups is 1. The molecule has 0 spiro atoms. The summed E-state index contributed by atoms with van der Waals surface area (Å²) in [6, 6.07) is 4.45. The molecule has 2 amide bonds. The van der Waals surface area contributed by atoms with Crippen LogP contribution in [0.5, 0.6) is 0 Å². The topological polar surface area (TPSA) is 52.6 Å². The van der Waals surface area contributed by atoms with Crippen LogP contribution in [0.1, 0.15) is 18.4 Å². The van der Waals surface area contributed by atoms with E-state index in [1.807, 2.05) is 0 Å². The Balaban J connectivity index is 1.85. The van der Waals surface area contributed by atoms with Crippen LogP contribution in [-0.2, 0) is 0 Å². The van der Waals surface area contributed by atoms with Crippen LogP contribution in [0.25, 0.3) is 0 Å². The van der Waals surface area contributed by atoms with Gasteiger partial charge in [0.2, 0.25) is 0 Å². The number of hydrogen-bond acceptors (Lipinski definition) is 2. The van der Waals surface area contributed by atoms with Crippen molar-refractivity contribution in [2.75, 3.05) is 19.6 Å². The molecular weight excluding hydrogens is 271 g/mol. The maximum atomic E-state index is 13.0. The lowest BCUT2D eigenvalue weighted by Crippen LogP contribution is -2.53. The van der Waals surface area contributed by atoms with Gasteiger partial charge in [0.1, 0.15) is 5.82 Å². The highest BCUT2D eigenvalue weighted by Gasteiger charge is 2.31. The molecule has 1 atom stereocenters. The molecule has 1 unspecified atom stereocenters. The molecule has 104 valence electrons. The quantitative estimate of drug-likeness (QED) is 0.892. The number of amides is 2. The molecule has 0 aliphatic carbocycles. The summed E-state index contributed by atoms with van der Waals surface area (Å²) in [4.78, 5) is 13.3. The largest absolute Gasteiger partial charge is 0.392 e. The molecular formula is C13H16ClFN2O2. The number of benzene rings is 1. The average Bonchev–Trinajstić information content (AvgIpc) is 2.29. The van der Waals surface area contributed by atoms with Gasteiger partial charge in [0.15, 0.2) is 0 Å². The first-order valence-corrected chi connectivity index (χ1v) is 6.51. The van der Waals surface area contributed by atoms with E-state index in [0.717, 1.165) is 5.56 Å². The number of nitrogens with zero attached hydrogens (tertiary/aromatic N) is 1. The maximum absolute atomic E-state index is 13.0. The zero-order valence-corrected chi connectivity index (χ0v) is 11.3. The first kappa shape index (κ1) is 14.1. The van der Waals surface area contributed by atoms with E-state index < -0.39 is 11.9 Å². The van der Waals surface area contributed by atoms with Gasteiger partial charge in [0.05, 0.1) is 11.1 Å². The van der Waals surface area contributed by atoms with Gasteiger partial charge < -0.3 is 15.3 Å². The number of rotatable bonds is 3. The number of nitrogens with one attached hydrogen (secondary N) is 1. The molecule has 0 aromatic heterocycles. The molecule has 4 nitrogen and oxygen atoms in total. The smallest absolute Gasteiger partial charge is 0.317 e. The molecule has 2 N–H and O–H groups in total. The Hall–Kier alpha value is -1.33. The lowest BCUT2D eigenvalue weighted by atomic mass is 9.92. The van der Waals surface area contributed by atoms with E-state index in [-0.39, 0.29) is 23.5 Å². The minimum absolute atomic E-state index is 0.106. The molecule has 0 bridgehead atoms. The predicted molar refractivity (Wildman–Crippen MR) is 70.8 cm³/mol. The molecule has 1 aliphatic rings. The van der Waals surface area contributed by atoms with Crippen molar-refractivity contribution in [2.24, 2.45) is 0 Å². The van der Waals surface area contributed by atoms with Crippen molar-refractivity contribution in [3.8, 4) is 0 Å². The Morgan fingerprint density at radius 3 is 2.89 bits per heavy atom. The molecule has 1 aliphatic heterocycles. The summed E-state index contributed by atoms with van der Waals surface area (Å²) in [5.74, 6) is -0.244. The Bertz CT molecular complexity index is 476. The van der Waals surface area contributed by atoms with Crippen LogP contribution in [0.4, 0.5) is 9.18 Å². The fourth-order valence-electron chi connectivity index (χ4n) is 1.97. The Labute approximate surface area is 116 Å². The van der Waals surface area contributed by atoms with Gasteiger partial charge in [-0.2, -0.15) is 0 Å². The van der Waals surface area contributed by atoms with Gasteiger partial charge in [-0.1, -0.05) is 17.7 Å².